The molecule has 0 aliphatic carbocycles. The highest BCUT2D eigenvalue weighted by atomic mass is 19.1. The van der Waals surface area contributed by atoms with Gasteiger partial charge >= 0.3 is 0 Å². The number of hydrogen-bond donors (Lipinski definition) is 1. The highest BCUT2D eigenvalue weighted by Gasteiger charge is 2.38. The van der Waals surface area contributed by atoms with Gasteiger partial charge in [-0.25, -0.2) is 4.39 Å². The lowest BCUT2D eigenvalue weighted by atomic mass is 9.84. The van der Waals surface area contributed by atoms with E-state index in [1.54, 1.807) is 6.92 Å². The fourth-order valence-corrected chi connectivity index (χ4v) is 3.69. The summed E-state index contributed by atoms with van der Waals surface area (Å²) in [6.07, 6.45) is 1.83. The van der Waals surface area contributed by atoms with Crippen LogP contribution in [0.15, 0.2) is 42.6 Å². The van der Waals surface area contributed by atoms with Gasteiger partial charge in [0.15, 0.2) is 0 Å². The number of fused-ring (bicyclic) bond motifs is 2. The number of hydrogen-bond acceptors (Lipinski definition) is 2. The van der Waals surface area contributed by atoms with E-state index in [2.05, 4.69) is 39.9 Å². The van der Waals surface area contributed by atoms with Gasteiger partial charge in [0.25, 0.3) is 0 Å². The van der Waals surface area contributed by atoms with Gasteiger partial charge < -0.3 is 9.30 Å². The monoisotopic (exact) mass is 335 g/mol. The maximum atomic E-state index is 13.8. The van der Waals surface area contributed by atoms with Crippen LogP contribution >= 0.6 is 0 Å². The van der Waals surface area contributed by atoms with E-state index in [1.807, 2.05) is 18.3 Å². The van der Waals surface area contributed by atoms with Crippen LogP contribution in [0, 0.1) is 12.7 Å². The van der Waals surface area contributed by atoms with Crippen molar-refractivity contribution in [1.29, 1.82) is 0 Å². The van der Waals surface area contributed by atoms with Gasteiger partial charge in [-0.3, -0.25) is 5.10 Å². The van der Waals surface area contributed by atoms with Crippen molar-refractivity contribution in [1.82, 2.24) is 14.8 Å². The number of H-pyrrole nitrogens is 1. The summed E-state index contributed by atoms with van der Waals surface area (Å²) in [6.45, 7) is 5.41. The van der Waals surface area contributed by atoms with Crippen molar-refractivity contribution in [2.75, 3.05) is 13.2 Å². The molecule has 4 nitrogen and oxygen atoms in total. The predicted octanol–water partition coefficient (Wildman–Crippen LogP) is 4.24. The lowest BCUT2D eigenvalue weighted by molar-refractivity contribution is -0.0526. The molecule has 0 amide bonds. The minimum Gasteiger partial charge on any atom is -0.379 e. The molecule has 3 heterocycles. The second kappa shape index (κ2) is 4.92. The van der Waals surface area contributed by atoms with Gasteiger partial charge in [-0.1, -0.05) is 0 Å². The van der Waals surface area contributed by atoms with Crippen LogP contribution < -0.4 is 0 Å². The summed E-state index contributed by atoms with van der Waals surface area (Å²) in [6, 6.07) is 11.8. The van der Waals surface area contributed by atoms with Crippen LogP contribution in [0.4, 0.5) is 4.39 Å². The quantitative estimate of drug-likeness (QED) is 0.595. The van der Waals surface area contributed by atoms with Gasteiger partial charge in [-0.15, -0.1) is 0 Å². The van der Waals surface area contributed by atoms with Crippen LogP contribution in [-0.4, -0.2) is 28.0 Å². The van der Waals surface area contributed by atoms with E-state index in [0.29, 0.717) is 18.8 Å². The van der Waals surface area contributed by atoms with Gasteiger partial charge in [0.2, 0.25) is 0 Å². The molecule has 1 fully saturated rings. The second-order valence-corrected chi connectivity index (χ2v) is 7.22. The molecule has 5 rings (SSSR count). The summed E-state index contributed by atoms with van der Waals surface area (Å²) in [7, 11) is 0. The molecule has 126 valence electrons. The standard InChI is InChI=1S/C20H18FN3O/c1-12-5-15(3-4-16(12)21)24-18-7-14-9-22-23-17(14)6-13(18)8-19(24)20(2)10-25-11-20/h3-9H,10-11H2,1-2H3,(H,22,23). The fourth-order valence-electron chi connectivity index (χ4n) is 3.69. The maximum absolute atomic E-state index is 13.8. The Hall–Kier alpha value is -2.66. The largest absolute Gasteiger partial charge is 0.379 e. The third-order valence-electron chi connectivity index (χ3n) is 5.22. The Morgan fingerprint density at radius 3 is 2.72 bits per heavy atom. The Bertz CT molecular complexity index is 1120. The SMILES string of the molecule is Cc1cc(-n2c(C3(C)COC3)cc3cc4[nH]ncc4cc32)ccc1F. The number of halogens is 1. The molecule has 0 spiro atoms. The van der Waals surface area contributed by atoms with Gasteiger partial charge in [0.05, 0.1) is 35.9 Å². The molecule has 1 N–H and O–H groups in total. The zero-order valence-electron chi connectivity index (χ0n) is 14.1. The summed E-state index contributed by atoms with van der Waals surface area (Å²) in [5, 5.41) is 9.36. The van der Waals surface area contributed by atoms with Crippen molar-refractivity contribution in [2.45, 2.75) is 19.3 Å². The van der Waals surface area contributed by atoms with Gasteiger partial charge in [-0.2, -0.15) is 5.10 Å². The zero-order valence-corrected chi connectivity index (χ0v) is 14.1. The molecule has 0 bridgehead atoms. The molecular formula is C20H18FN3O. The maximum Gasteiger partial charge on any atom is 0.126 e. The molecule has 0 unspecified atom stereocenters. The van der Waals surface area contributed by atoms with E-state index in [9.17, 15) is 4.39 Å². The Labute approximate surface area is 144 Å². The molecule has 1 aliphatic rings. The van der Waals surface area contributed by atoms with Crippen molar-refractivity contribution < 1.29 is 9.13 Å². The van der Waals surface area contributed by atoms with Crippen molar-refractivity contribution >= 4 is 21.8 Å². The Balaban J connectivity index is 1.86. The van der Waals surface area contributed by atoms with Crippen LogP contribution in [-0.2, 0) is 10.2 Å². The molecule has 2 aromatic heterocycles. The van der Waals surface area contributed by atoms with Crippen LogP contribution in [0.3, 0.4) is 0 Å². The summed E-state index contributed by atoms with van der Waals surface area (Å²) in [4.78, 5) is 0. The number of rotatable bonds is 2. The van der Waals surface area contributed by atoms with Crippen molar-refractivity contribution in [3.05, 3.63) is 59.7 Å². The third kappa shape index (κ3) is 2.05. The number of nitrogens with zero attached hydrogens (tertiary/aromatic N) is 2. The summed E-state index contributed by atoms with van der Waals surface area (Å²) >= 11 is 0. The van der Waals surface area contributed by atoms with E-state index in [1.165, 1.54) is 11.8 Å². The summed E-state index contributed by atoms with van der Waals surface area (Å²) in [5.74, 6) is -0.183. The molecule has 1 saturated heterocycles. The lowest BCUT2D eigenvalue weighted by Gasteiger charge is -2.39. The highest BCUT2D eigenvalue weighted by Crippen LogP contribution is 2.38. The lowest BCUT2D eigenvalue weighted by Crippen LogP contribution is -2.45. The van der Waals surface area contributed by atoms with E-state index in [0.717, 1.165) is 27.5 Å². The molecule has 4 aromatic rings. The van der Waals surface area contributed by atoms with Crippen LogP contribution in [0.1, 0.15) is 18.2 Å². The molecule has 1 aliphatic heterocycles. The van der Waals surface area contributed by atoms with E-state index in [-0.39, 0.29) is 11.2 Å². The van der Waals surface area contributed by atoms with E-state index < -0.39 is 0 Å². The first-order chi connectivity index (χ1) is 12.0. The van der Waals surface area contributed by atoms with Gasteiger partial charge in [-0.05, 0) is 55.8 Å². The molecule has 5 heteroatoms. The number of aromatic amines is 1. The molecule has 25 heavy (non-hydrogen) atoms. The average molecular weight is 335 g/mol. The molecule has 2 aromatic carbocycles. The topological polar surface area (TPSA) is 42.8 Å². The van der Waals surface area contributed by atoms with Gasteiger partial charge in [0.1, 0.15) is 5.82 Å². The minimum atomic E-state index is -0.183. The number of aromatic nitrogens is 3. The van der Waals surface area contributed by atoms with Crippen LogP contribution in [0.5, 0.6) is 0 Å². The van der Waals surface area contributed by atoms with E-state index in [4.69, 9.17) is 4.74 Å². The van der Waals surface area contributed by atoms with Crippen LogP contribution in [0.25, 0.3) is 27.5 Å². The molecule has 0 saturated carbocycles. The van der Waals surface area contributed by atoms with Crippen molar-refractivity contribution in [3.8, 4) is 5.69 Å². The number of ether oxygens (including phenoxy) is 1. The van der Waals surface area contributed by atoms with E-state index >= 15 is 0 Å². The van der Waals surface area contributed by atoms with Gasteiger partial charge in [0, 0.05) is 22.2 Å². The first-order valence-corrected chi connectivity index (χ1v) is 8.38. The first kappa shape index (κ1) is 14.7. The summed E-state index contributed by atoms with van der Waals surface area (Å²) in [5.41, 5.74) is 4.89. The molecular weight excluding hydrogens is 317 g/mol. The van der Waals surface area contributed by atoms with Crippen molar-refractivity contribution in [3.63, 3.8) is 0 Å². The highest BCUT2D eigenvalue weighted by molar-refractivity contribution is 5.96. The normalized spacial score (nSPS) is 16.4. The summed E-state index contributed by atoms with van der Waals surface area (Å²) < 4.78 is 21.5. The fraction of sp³-hybridized carbons (Fsp3) is 0.250. The van der Waals surface area contributed by atoms with Crippen LogP contribution in [0.2, 0.25) is 0 Å². The minimum absolute atomic E-state index is 0.0345. The number of nitrogens with one attached hydrogen (secondary N) is 1. The molecule has 0 radical (unpaired) electrons. The third-order valence-corrected chi connectivity index (χ3v) is 5.22. The predicted molar refractivity (Wildman–Crippen MR) is 95.8 cm³/mol. The first-order valence-electron chi connectivity index (χ1n) is 8.38. The Morgan fingerprint density at radius 1 is 1.16 bits per heavy atom. The Kier molecular flexibility index (Phi) is 2.89. The Morgan fingerprint density at radius 2 is 2.00 bits per heavy atom. The smallest absolute Gasteiger partial charge is 0.126 e. The van der Waals surface area contributed by atoms with Crippen molar-refractivity contribution in [2.24, 2.45) is 0 Å². The average Bonchev–Trinajstić information content (AvgIpc) is 3.16. The number of benzene rings is 2. The zero-order chi connectivity index (χ0) is 17.2. The second-order valence-electron chi connectivity index (χ2n) is 7.22. The molecule has 0 atom stereocenters. The number of aryl methyl sites for hydroxylation is 1.